The molecule has 0 fully saturated rings. The Kier molecular flexibility index (Phi) is 3.64. The molecule has 1 atom stereocenters. The van der Waals surface area contributed by atoms with Gasteiger partial charge in [-0.25, -0.2) is 4.98 Å². The lowest BCUT2D eigenvalue weighted by Crippen LogP contribution is -2.16. The molecule has 0 radical (unpaired) electrons. The number of hydrogen-bond acceptors (Lipinski definition) is 4. The Labute approximate surface area is 108 Å². The molecule has 0 aliphatic heterocycles. The van der Waals surface area contributed by atoms with Crippen molar-refractivity contribution in [2.24, 2.45) is 11.7 Å². The maximum atomic E-state index is 6.06. The molecule has 0 aliphatic carbocycles. The Bertz CT molecular complexity index is 476. The van der Waals surface area contributed by atoms with E-state index in [4.69, 9.17) is 17.3 Å². The van der Waals surface area contributed by atoms with E-state index in [2.05, 4.69) is 18.8 Å². The van der Waals surface area contributed by atoms with E-state index in [0.29, 0.717) is 5.92 Å². The summed E-state index contributed by atoms with van der Waals surface area (Å²) in [6.45, 7) is 4.21. The SMILES string of the molecule is CC(C)C(N)c1nc(-c2csc(Cl)c2)cs1. The lowest BCUT2D eigenvalue weighted by molar-refractivity contribution is 0.512. The molecule has 2 nitrogen and oxygen atoms in total. The van der Waals surface area contributed by atoms with E-state index in [1.165, 1.54) is 11.3 Å². The Hall–Kier alpha value is -0.420. The summed E-state index contributed by atoms with van der Waals surface area (Å²) in [6, 6.07) is 1.96. The van der Waals surface area contributed by atoms with Gasteiger partial charge in [-0.1, -0.05) is 25.4 Å². The van der Waals surface area contributed by atoms with Crippen LogP contribution >= 0.6 is 34.3 Å². The number of rotatable bonds is 3. The molecule has 0 amide bonds. The molecule has 2 heterocycles. The van der Waals surface area contributed by atoms with Gasteiger partial charge in [0.25, 0.3) is 0 Å². The number of aromatic nitrogens is 1. The zero-order valence-corrected chi connectivity index (χ0v) is 11.5. The van der Waals surface area contributed by atoms with Crippen molar-refractivity contribution in [1.82, 2.24) is 4.98 Å². The van der Waals surface area contributed by atoms with Gasteiger partial charge in [0.15, 0.2) is 0 Å². The molecule has 0 aliphatic rings. The minimum absolute atomic E-state index is 0.0212. The first-order chi connectivity index (χ1) is 7.58. The van der Waals surface area contributed by atoms with Crippen molar-refractivity contribution in [2.45, 2.75) is 19.9 Å². The molecule has 5 heteroatoms. The van der Waals surface area contributed by atoms with Gasteiger partial charge in [0, 0.05) is 16.3 Å². The van der Waals surface area contributed by atoms with Crippen LogP contribution < -0.4 is 5.73 Å². The second-order valence-corrected chi connectivity index (χ2v) is 6.41. The van der Waals surface area contributed by atoms with Crippen LogP contribution in [0.5, 0.6) is 0 Å². The first kappa shape index (κ1) is 12.0. The van der Waals surface area contributed by atoms with Gasteiger partial charge in [-0.05, 0) is 12.0 Å². The van der Waals surface area contributed by atoms with Crippen LogP contribution in [-0.4, -0.2) is 4.98 Å². The number of thiazole rings is 1. The summed E-state index contributed by atoms with van der Waals surface area (Å²) < 4.78 is 0.790. The Morgan fingerprint density at radius 3 is 2.62 bits per heavy atom. The maximum absolute atomic E-state index is 6.06. The lowest BCUT2D eigenvalue weighted by atomic mass is 10.1. The second-order valence-electron chi connectivity index (χ2n) is 3.98. The standard InChI is InChI=1S/C11H13ClN2S2/c1-6(2)10(13)11-14-8(5-16-11)7-3-9(12)15-4-7/h3-6,10H,13H2,1-2H3. The molecule has 0 bridgehead atoms. The molecule has 2 N–H and O–H groups in total. The summed E-state index contributed by atoms with van der Waals surface area (Å²) in [5.74, 6) is 0.407. The van der Waals surface area contributed by atoms with Crippen molar-refractivity contribution in [1.29, 1.82) is 0 Å². The fraction of sp³-hybridized carbons (Fsp3) is 0.364. The highest BCUT2D eigenvalue weighted by Gasteiger charge is 2.15. The summed E-state index contributed by atoms with van der Waals surface area (Å²) in [6.07, 6.45) is 0. The third-order valence-electron chi connectivity index (χ3n) is 2.39. The van der Waals surface area contributed by atoms with Gasteiger partial charge >= 0.3 is 0 Å². The largest absolute Gasteiger partial charge is 0.322 e. The van der Waals surface area contributed by atoms with Crippen LogP contribution in [-0.2, 0) is 0 Å². The molecule has 0 saturated carbocycles. The average molecular weight is 273 g/mol. The van der Waals surface area contributed by atoms with Crippen molar-refractivity contribution in [3.05, 3.63) is 26.2 Å². The van der Waals surface area contributed by atoms with Gasteiger partial charge in [0.05, 0.1) is 16.1 Å². The third kappa shape index (κ3) is 2.46. The number of nitrogens with two attached hydrogens (primary N) is 1. The van der Waals surface area contributed by atoms with Gasteiger partial charge in [0.1, 0.15) is 5.01 Å². The maximum Gasteiger partial charge on any atom is 0.110 e. The molecule has 0 spiro atoms. The molecule has 0 saturated heterocycles. The molecule has 2 aromatic heterocycles. The van der Waals surface area contributed by atoms with Crippen LogP contribution in [0.25, 0.3) is 11.3 Å². The van der Waals surface area contributed by atoms with Crippen LogP contribution in [0.3, 0.4) is 0 Å². The number of halogens is 1. The van der Waals surface area contributed by atoms with Crippen molar-refractivity contribution in [3.63, 3.8) is 0 Å². The van der Waals surface area contributed by atoms with E-state index in [1.807, 2.05) is 16.8 Å². The predicted octanol–water partition coefficient (Wildman–Crippen LogP) is 4.18. The highest BCUT2D eigenvalue weighted by molar-refractivity contribution is 7.14. The van der Waals surface area contributed by atoms with E-state index in [-0.39, 0.29) is 6.04 Å². The summed E-state index contributed by atoms with van der Waals surface area (Å²) >= 11 is 9.04. The van der Waals surface area contributed by atoms with Crippen LogP contribution in [0.4, 0.5) is 0 Å². The Morgan fingerprint density at radius 2 is 2.06 bits per heavy atom. The van der Waals surface area contributed by atoms with E-state index >= 15 is 0 Å². The van der Waals surface area contributed by atoms with Gasteiger partial charge in [-0.15, -0.1) is 22.7 Å². The number of hydrogen-bond donors (Lipinski definition) is 1. The molecule has 86 valence electrons. The lowest BCUT2D eigenvalue weighted by Gasteiger charge is -2.11. The van der Waals surface area contributed by atoms with Crippen molar-refractivity contribution < 1.29 is 0 Å². The Morgan fingerprint density at radius 1 is 1.31 bits per heavy atom. The molecule has 16 heavy (non-hydrogen) atoms. The van der Waals surface area contributed by atoms with Crippen molar-refractivity contribution >= 4 is 34.3 Å². The second kappa shape index (κ2) is 4.84. The van der Waals surface area contributed by atoms with Crippen LogP contribution in [0.2, 0.25) is 4.34 Å². The fourth-order valence-electron chi connectivity index (χ4n) is 1.30. The van der Waals surface area contributed by atoms with Crippen molar-refractivity contribution in [2.75, 3.05) is 0 Å². The highest BCUT2D eigenvalue weighted by atomic mass is 35.5. The van der Waals surface area contributed by atoms with Gasteiger partial charge in [-0.2, -0.15) is 0 Å². The molecule has 0 aromatic carbocycles. The summed E-state index contributed by atoms with van der Waals surface area (Å²) in [5.41, 5.74) is 8.11. The van der Waals surface area contributed by atoms with E-state index in [0.717, 1.165) is 20.6 Å². The van der Waals surface area contributed by atoms with Crippen LogP contribution in [0.1, 0.15) is 24.9 Å². The molecule has 2 rings (SSSR count). The normalized spacial score (nSPS) is 13.3. The Balaban J connectivity index is 2.26. The van der Waals surface area contributed by atoms with E-state index in [1.54, 1.807) is 11.3 Å². The number of nitrogens with zero attached hydrogens (tertiary/aromatic N) is 1. The average Bonchev–Trinajstić information content (AvgIpc) is 2.84. The zero-order chi connectivity index (χ0) is 11.7. The summed E-state index contributed by atoms with van der Waals surface area (Å²) in [4.78, 5) is 4.56. The smallest absolute Gasteiger partial charge is 0.110 e. The minimum Gasteiger partial charge on any atom is -0.322 e. The summed E-state index contributed by atoms with van der Waals surface area (Å²) in [7, 11) is 0. The zero-order valence-electron chi connectivity index (χ0n) is 9.11. The predicted molar refractivity (Wildman–Crippen MR) is 72.2 cm³/mol. The fourth-order valence-corrected chi connectivity index (χ4v) is 3.18. The monoisotopic (exact) mass is 272 g/mol. The van der Waals surface area contributed by atoms with E-state index in [9.17, 15) is 0 Å². The van der Waals surface area contributed by atoms with Crippen LogP contribution in [0, 0.1) is 5.92 Å². The topological polar surface area (TPSA) is 38.9 Å². The molecule has 2 aromatic rings. The molecular weight excluding hydrogens is 260 g/mol. The first-order valence-electron chi connectivity index (χ1n) is 5.03. The van der Waals surface area contributed by atoms with E-state index < -0.39 is 0 Å². The highest BCUT2D eigenvalue weighted by Crippen LogP contribution is 2.31. The van der Waals surface area contributed by atoms with Gasteiger partial charge in [-0.3, -0.25) is 0 Å². The molecular formula is C11H13ClN2S2. The first-order valence-corrected chi connectivity index (χ1v) is 7.17. The summed E-state index contributed by atoms with van der Waals surface area (Å²) in [5, 5.41) is 5.05. The minimum atomic E-state index is 0.0212. The van der Waals surface area contributed by atoms with Gasteiger partial charge in [0.2, 0.25) is 0 Å². The van der Waals surface area contributed by atoms with Gasteiger partial charge < -0.3 is 5.73 Å². The van der Waals surface area contributed by atoms with Crippen LogP contribution in [0.15, 0.2) is 16.8 Å². The van der Waals surface area contributed by atoms with Crippen molar-refractivity contribution in [3.8, 4) is 11.3 Å². The number of thiophene rings is 1. The third-order valence-corrected chi connectivity index (χ3v) is 4.43. The quantitative estimate of drug-likeness (QED) is 0.910. The molecule has 1 unspecified atom stereocenters.